The van der Waals surface area contributed by atoms with E-state index in [-0.39, 0.29) is 17.5 Å². The van der Waals surface area contributed by atoms with E-state index in [2.05, 4.69) is 27.4 Å². The number of benzene rings is 1. The van der Waals surface area contributed by atoms with Gasteiger partial charge in [-0.3, -0.25) is 4.68 Å². The summed E-state index contributed by atoms with van der Waals surface area (Å²) in [7, 11) is -0.974. The number of hydrogen-bond acceptors (Lipinski definition) is 6. The normalized spacial score (nSPS) is 20.3. The van der Waals surface area contributed by atoms with Crippen LogP contribution < -0.4 is 4.80 Å². The molecule has 7 nitrogen and oxygen atoms in total. The first-order valence-corrected chi connectivity index (χ1v) is 11.4. The third-order valence-corrected chi connectivity index (χ3v) is 7.83. The highest BCUT2D eigenvalue weighted by atomic mass is 32.2. The maximum Gasteiger partial charge on any atom is 0.211 e. The first-order valence-electron chi connectivity index (χ1n) is 8.73. The maximum absolute atomic E-state index is 11.8. The molecular formula is C18H21N5O2S2. The van der Waals surface area contributed by atoms with Crippen LogP contribution in [0.4, 0.5) is 0 Å². The molecule has 4 rings (SSSR count). The van der Waals surface area contributed by atoms with Crippen molar-refractivity contribution in [2.45, 2.75) is 26.3 Å². The number of thiazole rings is 1. The molecule has 1 saturated heterocycles. The van der Waals surface area contributed by atoms with Gasteiger partial charge < -0.3 is 4.57 Å². The smallest absolute Gasteiger partial charge is 0.211 e. The average Bonchev–Trinajstić information content (AvgIpc) is 3.24. The minimum absolute atomic E-state index is 0.0896. The summed E-state index contributed by atoms with van der Waals surface area (Å²) in [6.45, 7) is 3.86. The lowest BCUT2D eigenvalue weighted by molar-refractivity contribution is 0.486. The van der Waals surface area contributed by atoms with E-state index >= 15 is 0 Å². The Balaban J connectivity index is 1.65. The molecule has 1 aliphatic heterocycles. The van der Waals surface area contributed by atoms with Crippen molar-refractivity contribution in [3.63, 3.8) is 0 Å². The molecule has 0 spiro atoms. The number of fused-ring (bicyclic) bond motifs is 1. The van der Waals surface area contributed by atoms with Crippen LogP contribution >= 0.6 is 11.3 Å². The van der Waals surface area contributed by atoms with E-state index in [4.69, 9.17) is 0 Å². The van der Waals surface area contributed by atoms with Crippen LogP contribution in [0.2, 0.25) is 0 Å². The molecule has 1 aromatic carbocycles. The third-order valence-electron chi connectivity index (χ3n) is 4.98. The molecule has 0 radical (unpaired) electrons. The van der Waals surface area contributed by atoms with Crippen LogP contribution in [0, 0.1) is 13.8 Å². The molecule has 9 heteroatoms. The van der Waals surface area contributed by atoms with Crippen LogP contribution in [0.5, 0.6) is 0 Å². The van der Waals surface area contributed by atoms with E-state index in [0.717, 1.165) is 32.0 Å². The number of nitrogens with zero attached hydrogens (tertiary/aromatic N) is 5. The maximum atomic E-state index is 11.8. The molecule has 3 heterocycles. The van der Waals surface area contributed by atoms with Gasteiger partial charge in [0.1, 0.15) is 0 Å². The number of rotatable bonds is 3. The molecule has 3 aromatic rings. The molecule has 27 heavy (non-hydrogen) atoms. The topological polar surface area (TPSA) is 81.6 Å². The summed E-state index contributed by atoms with van der Waals surface area (Å²) in [4.78, 5) is 0.817. The summed E-state index contributed by atoms with van der Waals surface area (Å²) in [5.41, 5.74) is 3.77. The number of aromatic nitrogens is 3. The Morgan fingerprint density at radius 1 is 1.30 bits per heavy atom. The second-order valence-corrected chi connectivity index (χ2v) is 10.1. The lowest BCUT2D eigenvalue weighted by Crippen LogP contribution is -2.14. The molecule has 1 fully saturated rings. The zero-order chi connectivity index (χ0) is 19.2. The molecular weight excluding hydrogens is 382 g/mol. The van der Waals surface area contributed by atoms with Gasteiger partial charge in [-0.15, -0.1) is 5.10 Å². The van der Waals surface area contributed by atoms with Gasteiger partial charge in [-0.1, -0.05) is 23.5 Å². The van der Waals surface area contributed by atoms with Crippen LogP contribution in [0.3, 0.4) is 0 Å². The van der Waals surface area contributed by atoms with Gasteiger partial charge in [0.2, 0.25) is 4.80 Å². The van der Waals surface area contributed by atoms with E-state index in [1.165, 1.54) is 0 Å². The van der Waals surface area contributed by atoms with Gasteiger partial charge in [0.15, 0.2) is 9.84 Å². The van der Waals surface area contributed by atoms with E-state index in [9.17, 15) is 8.42 Å². The van der Waals surface area contributed by atoms with Crippen LogP contribution in [-0.2, 0) is 16.9 Å². The van der Waals surface area contributed by atoms with Crippen molar-refractivity contribution in [2.75, 3.05) is 11.5 Å². The highest BCUT2D eigenvalue weighted by Gasteiger charge is 2.31. The van der Waals surface area contributed by atoms with Gasteiger partial charge >= 0.3 is 0 Å². The van der Waals surface area contributed by atoms with Crippen molar-refractivity contribution in [3.8, 4) is 0 Å². The standard InChI is InChI=1S/C18H21N5O2S2/c1-12-15(13(2)23(21-12)14-8-9-27(24,25)11-14)10-19-20-18-22(3)16-6-4-5-7-17(16)26-18/h4-7,10,14H,8-9,11H2,1-3H3/b19-10-,20-18+/t14-/m1/s1. The van der Waals surface area contributed by atoms with Crippen molar-refractivity contribution in [2.24, 2.45) is 17.3 Å². The van der Waals surface area contributed by atoms with Gasteiger partial charge in [0, 0.05) is 18.3 Å². The zero-order valence-electron chi connectivity index (χ0n) is 15.5. The van der Waals surface area contributed by atoms with E-state index in [1.807, 2.05) is 42.3 Å². The Morgan fingerprint density at radius 3 is 2.78 bits per heavy atom. The molecule has 0 saturated carbocycles. The van der Waals surface area contributed by atoms with Crippen molar-refractivity contribution in [3.05, 3.63) is 46.0 Å². The second kappa shape index (κ2) is 6.72. The number of aryl methyl sites for hydroxylation is 2. The van der Waals surface area contributed by atoms with Gasteiger partial charge in [-0.2, -0.15) is 10.2 Å². The number of hydrogen-bond donors (Lipinski definition) is 0. The molecule has 0 unspecified atom stereocenters. The predicted molar refractivity (Wildman–Crippen MR) is 108 cm³/mol. The molecule has 0 N–H and O–H groups in total. The average molecular weight is 404 g/mol. The van der Waals surface area contributed by atoms with Crippen molar-refractivity contribution in [1.29, 1.82) is 0 Å². The lowest BCUT2D eigenvalue weighted by atomic mass is 10.2. The number of sulfone groups is 1. The van der Waals surface area contributed by atoms with Gasteiger partial charge in [-0.05, 0) is 32.4 Å². The van der Waals surface area contributed by atoms with Crippen molar-refractivity contribution >= 4 is 37.6 Å². The fraction of sp³-hybridized carbons (Fsp3) is 0.389. The Bertz CT molecular complexity index is 1210. The van der Waals surface area contributed by atoms with Gasteiger partial charge in [0.05, 0.1) is 39.7 Å². The summed E-state index contributed by atoms with van der Waals surface area (Å²) in [5.74, 6) is 0.394. The minimum atomic E-state index is -2.95. The summed E-state index contributed by atoms with van der Waals surface area (Å²) in [6.07, 6.45) is 2.32. The summed E-state index contributed by atoms with van der Waals surface area (Å²) in [6, 6.07) is 8.05. The Kier molecular flexibility index (Phi) is 4.51. The van der Waals surface area contributed by atoms with Crippen molar-refractivity contribution in [1.82, 2.24) is 14.3 Å². The SMILES string of the molecule is Cc1nn([C@@H]2CCS(=O)(=O)C2)c(C)c1/C=N\N=c1\sc2ccccc2n1C. The molecule has 142 valence electrons. The Labute approximate surface area is 161 Å². The fourth-order valence-electron chi connectivity index (χ4n) is 3.50. The van der Waals surface area contributed by atoms with E-state index in [0.29, 0.717) is 6.42 Å². The molecule has 0 bridgehead atoms. The molecule has 1 atom stereocenters. The molecule has 0 amide bonds. The fourth-order valence-corrected chi connectivity index (χ4v) is 6.17. The van der Waals surface area contributed by atoms with Crippen LogP contribution in [0.25, 0.3) is 10.2 Å². The van der Waals surface area contributed by atoms with Crippen LogP contribution in [-0.4, -0.2) is 40.5 Å². The highest BCUT2D eigenvalue weighted by molar-refractivity contribution is 7.91. The van der Waals surface area contributed by atoms with E-state index in [1.54, 1.807) is 17.6 Å². The van der Waals surface area contributed by atoms with Crippen LogP contribution in [0.1, 0.15) is 29.4 Å². The summed E-state index contributed by atoms with van der Waals surface area (Å²) in [5, 5.41) is 13.2. The zero-order valence-corrected chi connectivity index (χ0v) is 17.1. The first-order chi connectivity index (χ1) is 12.9. The molecule has 1 aliphatic rings. The number of para-hydroxylation sites is 1. The lowest BCUT2D eigenvalue weighted by Gasteiger charge is -2.10. The molecule has 2 aromatic heterocycles. The first kappa shape index (κ1) is 18.1. The predicted octanol–water partition coefficient (Wildman–Crippen LogP) is 2.35. The molecule has 0 aliphatic carbocycles. The minimum Gasteiger partial charge on any atom is -0.318 e. The van der Waals surface area contributed by atoms with Crippen LogP contribution in [0.15, 0.2) is 34.5 Å². The van der Waals surface area contributed by atoms with E-state index < -0.39 is 9.84 Å². The quantitative estimate of drug-likeness (QED) is 0.497. The monoisotopic (exact) mass is 403 g/mol. The summed E-state index contributed by atoms with van der Waals surface area (Å²) < 4.78 is 28.6. The largest absolute Gasteiger partial charge is 0.318 e. The van der Waals surface area contributed by atoms with Gasteiger partial charge in [-0.25, -0.2) is 8.42 Å². The highest BCUT2D eigenvalue weighted by Crippen LogP contribution is 2.26. The Morgan fingerprint density at radius 2 is 2.07 bits per heavy atom. The Hall–Kier alpha value is -2.26. The van der Waals surface area contributed by atoms with Gasteiger partial charge in [0.25, 0.3) is 0 Å². The third kappa shape index (κ3) is 3.37. The summed E-state index contributed by atoms with van der Waals surface area (Å²) >= 11 is 1.59. The second-order valence-electron chi connectivity index (χ2n) is 6.84. The van der Waals surface area contributed by atoms with Crippen molar-refractivity contribution < 1.29 is 8.42 Å².